The molecular formula is C15H20N2O3. The van der Waals surface area contributed by atoms with E-state index in [1.165, 1.54) is 0 Å². The van der Waals surface area contributed by atoms with Crippen LogP contribution >= 0.6 is 0 Å². The standard InChI is InChI=1S/C15H20N2O3/c1-19-11-4-5-14-12(8-11)13(6-7-20-14)16-9-15(18)17-10-2-3-10/h4-5,8,10,13,16H,2-3,6-7,9H2,1H3,(H,17,18). The average Bonchev–Trinajstić information content (AvgIpc) is 3.28. The summed E-state index contributed by atoms with van der Waals surface area (Å²) in [6.07, 6.45) is 3.09. The molecule has 1 aromatic carbocycles. The van der Waals surface area contributed by atoms with Crippen molar-refractivity contribution in [3.63, 3.8) is 0 Å². The number of nitrogens with one attached hydrogen (secondary N) is 2. The fraction of sp³-hybridized carbons (Fsp3) is 0.533. The second-order valence-corrected chi connectivity index (χ2v) is 5.32. The van der Waals surface area contributed by atoms with E-state index in [1.807, 2.05) is 18.2 Å². The first kappa shape index (κ1) is 13.2. The summed E-state index contributed by atoms with van der Waals surface area (Å²) in [6.45, 7) is 1.01. The van der Waals surface area contributed by atoms with Gasteiger partial charge in [0, 0.05) is 24.1 Å². The van der Waals surface area contributed by atoms with Crippen molar-refractivity contribution >= 4 is 5.91 Å². The molecule has 0 radical (unpaired) electrons. The normalized spacial score (nSPS) is 20.8. The minimum absolute atomic E-state index is 0.0726. The molecule has 2 N–H and O–H groups in total. The van der Waals surface area contributed by atoms with Gasteiger partial charge in [-0.05, 0) is 31.0 Å². The van der Waals surface area contributed by atoms with Crippen LogP contribution in [0.3, 0.4) is 0 Å². The van der Waals surface area contributed by atoms with Crippen molar-refractivity contribution in [3.05, 3.63) is 23.8 Å². The van der Waals surface area contributed by atoms with Crippen LogP contribution in [0.25, 0.3) is 0 Å². The lowest BCUT2D eigenvalue weighted by Gasteiger charge is -2.27. The summed E-state index contributed by atoms with van der Waals surface area (Å²) in [4.78, 5) is 11.7. The van der Waals surface area contributed by atoms with Crippen molar-refractivity contribution in [3.8, 4) is 11.5 Å². The second kappa shape index (κ2) is 5.71. The highest BCUT2D eigenvalue weighted by Gasteiger charge is 2.25. The number of hydrogen-bond acceptors (Lipinski definition) is 4. The van der Waals surface area contributed by atoms with Gasteiger partial charge >= 0.3 is 0 Å². The minimum Gasteiger partial charge on any atom is -0.497 e. The summed E-state index contributed by atoms with van der Waals surface area (Å²) in [6, 6.07) is 6.34. The molecule has 5 heteroatoms. The molecule has 1 aliphatic heterocycles. The molecule has 0 bridgehead atoms. The second-order valence-electron chi connectivity index (χ2n) is 5.32. The van der Waals surface area contributed by atoms with E-state index in [0.717, 1.165) is 36.3 Å². The molecule has 0 spiro atoms. The molecule has 1 atom stereocenters. The van der Waals surface area contributed by atoms with Gasteiger partial charge in [0.2, 0.25) is 5.91 Å². The number of hydrogen-bond donors (Lipinski definition) is 2. The maximum Gasteiger partial charge on any atom is 0.234 e. The Balaban J connectivity index is 1.64. The molecule has 1 aliphatic carbocycles. The lowest BCUT2D eigenvalue weighted by Crippen LogP contribution is -2.38. The van der Waals surface area contributed by atoms with Crippen LogP contribution < -0.4 is 20.1 Å². The zero-order valence-corrected chi connectivity index (χ0v) is 11.6. The third-order valence-electron chi connectivity index (χ3n) is 3.71. The molecule has 108 valence electrons. The third kappa shape index (κ3) is 3.04. The Morgan fingerprint density at radius 3 is 3.00 bits per heavy atom. The van der Waals surface area contributed by atoms with Gasteiger partial charge in [-0.2, -0.15) is 0 Å². The highest BCUT2D eigenvalue weighted by Crippen LogP contribution is 2.34. The Labute approximate surface area is 118 Å². The van der Waals surface area contributed by atoms with Crippen LogP contribution in [0.15, 0.2) is 18.2 Å². The highest BCUT2D eigenvalue weighted by molar-refractivity contribution is 5.78. The molecule has 1 fully saturated rings. The molecule has 1 heterocycles. The molecule has 20 heavy (non-hydrogen) atoms. The maximum absolute atomic E-state index is 11.7. The number of ether oxygens (including phenoxy) is 2. The van der Waals surface area contributed by atoms with Gasteiger partial charge in [0.05, 0.1) is 20.3 Å². The van der Waals surface area contributed by atoms with Gasteiger partial charge in [-0.25, -0.2) is 0 Å². The summed E-state index contributed by atoms with van der Waals surface area (Å²) in [5, 5.41) is 6.30. The number of carbonyl (C=O) groups excluding carboxylic acids is 1. The van der Waals surface area contributed by atoms with Crippen LogP contribution in [-0.2, 0) is 4.79 Å². The first-order valence-electron chi connectivity index (χ1n) is 7.10. The fourth-order valence-electron chi connectivity index (χ4n) is 2.43. The number of benzene rings is 1. The minimum atomic E-state index is 0.0726. The molecule has 0 aromatic heterocycles. The van der Waals surface area contributed by atoms with Gasteiger partial charge in [-0.3, -0.25) is 4.79 Å². The Hall–Kier alpha value is -1.75. The van der Waals surface area contributed by atoms with Gasteiger partial charge in [0.25, 0.3) is 0 Å². The largest absolute Gasteiger partial charge is 0.497 e. The topological polar surface area (TPSA) is 59.6 Å². The van der Waals surface area contributed by atoms with Gasteiger partial charge in [0.15, 0.2) is 0 Å². The number of rotatable bonds is 5. The van der Waals surface area contributed by atoms with Crippen molar-refractivity contribution in [1.29, 1.82) is 0 Å². The van der Waals surface area contributed by atoms with Crippen LogP contribution in [0.1, 0.15) is 30.9 Å². The van der Waals surface area contributed by atoms with E-state index in [4.69, 9.17) is 9.47 Å². The summed E-state index contributed by atoms with van der Waals surface area (Å²) < 4.78 is 10.9. The van der Waals surface area contributed by atoms with Crippen molar-refractivity contribution in [2.75, 3.05) is 20.3 Å². The molecule has 0 saturated heterocycles. The number of fused-ring (bicyclic) bond motifs is 1. The van der Waals surface area contributed by atoms with E-state index in [0.29, 0.717) is 19.2 Å². The first-order valence-corrected chi connectivity index (χ1v) is 7.10. The molecule has 1 unspecified atom stereocenters. The van der Waals surface area contributed by atoms with Gasteiger partial charge in [-0.15, -0.1) is 0 Å². The maximum atomic E-state index is 11.7. The Bertz CT molecular complexity index is 500. The Morgan fingerprint density at radius 2 is 2.25 bits per heavy atom. The summed E-state index contributed by atoms with van der Waals surface area (Å²) in [5.41, 5.74) is 1.06. The van der Waals surface area contributed by atoms with Gasteiger partial charge < -0.3 is 20.1 Å². The number of amides is 1. The lowest BCUT2D eigenvalue weighted by molar-refractivity contribution is -0.120. The third-order valence-corrected chi connectivity index (χ3v) is 3.71. The smallest absolute Gasteiger partial charge is 0.234 e. The summed E-state index contributed by atoms with van der Waals surface area (Å²) >= 11 is 0. The zero-order chi connectivity index (χ0) is 13.9. The molecule has 1 saturated carbocycles. The van der Waals surface area contributed by atoms with E-state index < -0.39 is 0 Å². The molecule has 5 nitrogen and oxygen atoms in total. The predicted molar refractivity (Wildman–Crippen MR) is 75.0 cm³/mol. The average molecular weight is 276 g/mol. The van der Waals surface area contributed by atoms with Gasteiger partial charge in [-0.1, -0.05) is 0 Å². The van der Waals surface area contributed by atoms with Crippen molar-refractivity contribution in [1.82, 2.24) is 10.6 Å². The van der Waals surface area contributed by atoms with Crippen LogP contribution in [0.4, 0.5) is 0 Å². The quantitative estimate of drug-likeness (QED) is 0.853. The molecular weight excluding hydrogens is 256 g/mol. The van der Waals surface area contributed by atoms with E-state index in [9.17, 15) is 4.79 Å². The summed E-state index contributed by atoms with van der Waals surface area (Å²) in [5.74, 6) is 1.75. The number of methoxy groups -OCH3 is 1. The Morgan fingerprint density at radius 1 is 1.40 bits per heavy atom. The fourth-order valence-corrected chi connectivity index (χ4v) is 2.43. The summed E-state index contributed by atoms with van der Waals surface area (Å²) in [7, 11) is 1.65. The monoisotopic (exact) mass is 276 g/mol. The van der Waals surface area contributed by atoms with Crippen LogP contribution in [-0.4, -0.2) is 32.2 Å². The Kier molecular flexibility index (Phi) is 3.78. The molecule has 1 aromatic rings. The SMILES string of the molecule is COc1ccc2c(c1)C(NCC(=O)NC1CC1)CCO2. The van der Waals surface area contributed by atoms with Crippen LogP contribution in [0.2, 0.25) is 0 Å². The van der Waals surface area contributed by atoms with E-state index in [1.54, 1.807) is 7.11 Å². The van der Waals surface area contributed by atoms with E-state index in [-0.39, 0.29) is 11.9 Å². The first-order chi connectivity index (χ1) is 9.76. The van der Waals surface area contributed by atoms with E-state index in [2.05, 4.69) is 10.6 Å². The molecule has 2 aliphatic rings. The highest BCUT2D eigenvalue weighted by atomic mass is 16.5. The number of carbonyl (C=O) groups is 1. The van der Waals surface area contributed by atoms with Crippen LogP contribution in [0, 0.1) is 0 Å². The van der Waals surface area contributed by atoms with Crippen molar-refractivity contribution < 1.29 is 14.3 Å². The van der Waals surface area contributed by atoms with Crippen LogP contribution in [0.5, 0.6) is 11.5 Å². The molecule has 3 rings (SSSR count). The predicted octanol–water partition coefficient (Wildman–Crippen LogP) is 1.39. The van der Waals surface area contributed by atoms with Crippen molar-refractivity contribution in [2.24, 2.45) is 0 Å². The van der Waals surface area contributed by atoms with Gasteiger partial charge in [0.1, 0.15) is 11.5 Å². The lowest BCUT2D eigenvalue weighted by atomic mass is 10.00. The van der Waals surface area contributed by atoms with E-state index >= 15 is 0 Å². The molecule has 1 amide bonds. The zero-order valence-electron chi connectivity index (χ0n) is 11.6. The van der Waals surface area contributed by atoms with Crippen molar-refractivity contribution in [2.45, 2.75) is 31.3 Å².